The van der Waals surface area contributed by atoms with Crippen LogP contribution < -0.4 is 0 Å². The highest BCUT2D eigenvalue weighted by atomic mass is 35.5. The summed E-state index contributed by atoms with van der Waals surface area (Å²) in [7, 11) is -4.14. The number of carbonyl (C=O) groups is 1. The zero-order valence-electron chi connectivity index (χ0n) is 18.0. The van der Waals surface area contributed by atoms with Crippen molar-refractivity contribution in [3.05, 3.63) is 105 Å². The number of benzene rings is 3. The van der Waals surface area contributed by atoms with Gasteiger partial charge >= 0.3 is 0 Å². The minimum absolute atomic E-state index is 0.0292. The zero-order valence-corrected chi connectivity index (χ0v) is 20.4. The molecule has 1 atom stereocenters. The summed E-state index contributed by atoms with van der Waals surface area (Å²) >= 11 is 7.54. The van der Waals surface area contributed by atoms with Gasteiger partial charge in [-0.1, -0.05) is 53.6 Å². The number of carbonyl (C=O) groups excluding carboxylic acids is 1. The number of aryl methyl sites for hydroxylation is 1. The largest absolute Gasteiger partial charge is 0.502 e. The van der Waals surface area contributed by atoms with Crippen LogP contribution in [0.25, 0.3) is 0 Å². The molecule has 3 aromatic carbocycles. The molecule has 0 bridgehead atoms. The molecule has 1 heterocycles. The van der Waals surface area contributed by atoms with Gasteiger partial charge in [0.15, 0.2) is 5.76 Å². The van der Waals surface area contributed by atoms with Gasteiger partial charge in [-0.3, -0.25) is 4.79 Å². The second kappa shape index (κ2) is 9.25. The molecule has 8 heteroatoms. The third-order valence-corrected chi connectivity index (χ3v) is 8.46. The first-order chi connectivity index (χ1) is 15.7. The summed E-state index contributed by atoms with van der Waals surface area (Å²) in [6, 6.07) is 19.7. The van der Waals surface area contributed by atoms with Crippen LogP contribution in [0.3, 0.4) is 0 Å². The topological polar surface area (TPSA) is 74.7 Å². The Bertz CT molecular complexity index is 1320. The molecule has 3 aromatic rings. The maximum Gasteiger partial charge on any atom is 0.290 e. The fraction of sp³-hybridized carbons (Fsp3) is 0.160. The lowest BCUT2D eigenvalue weighted by Crippen LogP contribution is -2.30. The SMILES string of the molecule is CSc1ccc([C@@H]2C(S(=O)(=O)c3ccc(C)cc3)=C(O)C(=O)N2Cc2ccc(Cl)cc2)cc1. The van der Waals surface area contributed by atoms with E-state index in [0.717, 1.165) is 16.0 Å². The number of sulfone groups is 1. The Morgan fingerprint density at radius 3 is 2.15 bits per heavy atom. The standard InChI is InChI=1S/C25H22ClNO4S2/c1-16-3-13-21(14-4-16)33(30,31)24-22(18-7-11-20(32-2)12-8-18)27(25(29)23(24)28)15-17-5-9-19(26)10-6-17/h3-14,22,28H,15H2,1-2H3/t22-/m1/s1. The molecule has 4 rings (SSSR count). The molecule has 1 aliphatic heterocycles. The average molecular weight is 500 g/mol. The summed E-state index contributed by atoms with van der Waals surface area (Å²) in [5, 5.41) is 11.4. The van der Waals surface area contributed by atoms with Gasteiger partial charge in [0, 0.05) is 16.5 Å². The highest BCUT2D eigenvalue weighted by Crippen LogP contribution is 2.43. The summed E-state index contributed by atoms with van der Waals surface area (Å²) < 4.78 is 27.3. The number of thioether (sulfide) groups is 1. The molecule has 0 saturated carbocycles. The van der Waals surface area contributed by atoms with Crippen LogP contribution in [0.1, 0.15) is 22.7 Å². The maximum atomic E-state index is 13.6. The number of rotatable bonds is 6. The van der Waals surface area contributed by atoms with Gasteiger partial charge in [0.05, 0.1) is 10.9 Å². The van der Waals surface area contributed by atoms with Crippen molar-refractivity contribution in [2.75, 3.05) is 6.26 Å². The van der Waals surface area contributed by atoms with Crippen LogP contribution in [0.15, 0.2) is 93.3 Å². The van der Waals surface area contributed by atoms with Crippen LogP contribution in [0.2, 0.25) is 5.02 Å². The van der Waals surface area contributed by atoms with Gasteiger partial charge < -0.3 is 10.0 Å². The molecule has 1 amide bonds. The van der Waals surface area contributed by atoms with Gasteiger partial charge in [-0.25, -0.2) is 8.42 Å². The van der Waals surface area contributed by atoms with Gasteiger partial charge in [-0.05, 0) is 60.7 Å². The van der Waals surface area contributed by atoms with Crippen LogP contribution in [0.5, 0.6) is 0 Å². The number of hydrogen-bond donors (Lipinski definition) is 1. The molecule has 0 unspecified atom stereocenters. The van der Waals surface area contributed by atoms with Gasteiger partial charge in [0.25, 0.3) is 5.91 Å². The van der Waals surface area contributed by atoms with E-state index in [0.29, 0.717) is 10.6 Å². The van der Waals surface area contributed by atoms with E-state index in [1.807, 2.05) is 25.3 Å². The summed E-state index contributed by atoms with van der Waals surface area (Å²) in [4.78, 5) is 15.3. The van der Waals surface area contributed by atoms with E-state index in [9.17, 15) is 18.3 Å². The van der Waals surface area contributed by atoms with E-state index in [4.69, 9.17) is 11.6 Å². The summed E-state index contributed by atoms with van der Waals surface area (Å²) in [5.41, 5.74) is 2.27. The van der Waals surface area contributed by atoms with E-state index >= 15 is 0 Å². The molecular formula is C25H22ClNO4S2. The Morgan fingerprint density at radius 2 is 1.58 bits per heavy atom. The molecule has 0 aromatic heterocycles. The van der Waals surface area contributed by atoms with Crippen molar-refractivity contribution in [1.82, 2.24) is 4.90 Å². The van der Waals surface area contributed by atoms with Crippen molar-refractivity contribution in [1.29, 1.82) is 0 Å². The molecule has 1 N–H and O–H groups in total. The molecule has 1 aliphatic rings. The Kier molecular flexibility index (Phi) is 6.56. The maximum absolute atomic E-state index is 13.6. The van der Waals surface area contributed by atoms with Crippen LogP contribution in [0.4, 0.5) is 0 Å². The Morgan fingerprint density at radius 1 is 0.970 bits per heavy atom. The number of aliphatic hydroxyl groups is 1. The fourth-order valence-electron chi connectivity index (χ4n) is 3.82. The van der Waals surface area contributed by atoms with E-state index in [1.165, 1.54) is 17.0 Å². The van der Waals surface area contributed by atoms with Crippen molar-refractivity contribution >= 4 is 39.1 Å². The molecular weight excluding hydrogens is 478 g/mol. The molecule has 33 heavy (non-hydrogen) atoms. The van der Waals surface area contributed by atoms with E-state index in [2.05, 4.69) is 0 Å². The predicted molar refractivity (Wildman–Crippen MR) is 131 cm³/mol. The van der Waals surface area contributed by atoms with Crippen LogP contribution in [-0.4, -0.2) is 30.6 Å². The fourth-order valence-corrected chi connectivity index (χ4v) is 6.00. The van der Waals surface area contributed by atoms with E-state index < -0.39 is 27.5 Å². The first kappa shape index (κ1) is 23.4. The molecule has 0 radical (unpaired) electrons. The van der Waals surface area contributed by atoms with Gasteiger partial charge in [-0.15, -0.1) is 11.8 Å². The van der Waals surface area contributed by atoms with Crippen molar-refractivity contribution in [2.45, 2.75) is 29.3 Å². The highest BCUT2D eigenvalue weighted by Gasteiger charge is 2.46. The van der Waals surface area contributed by atoms with Gasteiger partial charge in [-0.2, -0.15) is 0 Å². The quantitative estimate of drug-likeness (QED) is 0.440. The van der Waals surface area contributed by atoms with Gasteiger partial charge in [0.2, 0.25) is 9.84 Å². The van der Waals surface area contributed by atoms with Crippen LogP contribution in [-0.2, 0) is 21.2 Å². The first-order valence-electron chi connectivity index (χ1n) is 10.2. The highest BCUT2D eigenvalue weighted by molar-refractivity contribution is 7.98. The normalized spacial score (nSPS) is 16.5. The Balaban J connectivity index is 1.84. The zero-order chi connectivity index (χ0) is 23.8. The summed E-state index contributed by atoms with van der Waals surface area (Å²) in [5.74, 6) is -1.47. The van der Waals surface area contributed by atoms with E-state index in [-0.39, 0.29) is 16.3 Å². The van der Waals surface area contributed by atoms with Crippen LogP contribution in [0, 0.1) is 6.92 Å². The van der Waals surface area contributed by atoms with Crippen molar-refractivity contribution in [3.63, 3.8) is 0 Å². The molecule has 0 aliphatic carbocycles. The van der Waals surface area contributed by atoms with Crippen LogP contribution >= 0.6 is 23.4 Å². The van der Waals surface area contributed by atoms with E-state index in [1.54, 1.807) is 60.3 Å². The monoisotopic (exact) mass is 499 g/mol. The van der Waals surface area contributed by atoms with Gasteiger partial charge in [0.1, 0.15) is 4.91 Å². The third-order valence-electron chi connectivity index (χ3n) is 5.58. The van der Waals surface area contributed by atoms with Crippen molar-refractivity contribution < 1.29 is 18.3 Å². The Labute approximate surface area is 202 Å². The molecule has 170 valence electrons. The first-order valence-corrected chi connectivity index (χ1v) is 13.2. The lowest BCUT2D eigenvalue weighted by molar-refractivity contribution is -0.130. The lowest BCUT2D eigenvalue weighted by Gasteiger charge is -2.27. The number of amides is 1. The molecule has 0 spiro atoms. The van der Waals surface area contributed by atoms with Crippen molar-refractivity contribution in [3.8, 4) is 0 Å². The number of nitrogens with zero attached hydrogens (tertiary/aromatic N) is 1. The Hall–Kier alpha value is -2.74. The number of aliphatic hydroxyl groups excluding tert-OH is 1. The second-order valence-corrected chi connectivity index (χ2v) is 11.0. The third kappa shape index (κ3) is 4.53. The smallest absolute Gasteiger partial charge is 0.290 e. The predicted octanol–water partition coefficient (Wildman–Crippen LogP) is 5.70. The minimum atomic E-state index is -4.14. The number of hydrogen-bond acceptors (Lipinski definition) is 5. The second-order valence-electron chi connectivity index (χ2n) is 7.76. The number of halogens is 1. The van der Waals surface area contributed by atoms with Crippen molar-refractivity contribution in [2.24, 2.45) is 0 Å². The lowest BCUT2D eigenvalue weighted by atomic mass is 10.1. The summed E-state index contributed by atoms with van der Waals surface area (Å²) in [6.07, 6.45) is 1.94. The minimum Gasteiger partial charge on any atom is -0.502 e. The molecule has 0 fully saturated rings. The average Bonchev–Trinajstić information content (AvgIpc) is 3.06. The summed E-state index contributed by atoms with van der Waals surface area (Å²) in [6.45, 7) is 1.97. The molecule has 0 saturated heterocycles. The molecule has 5 nitrogen and oxygen atoms in total.